The number of piperidine rings is 1. The number of likely N-dealkylation sites (tertiary alicyclic amines) is 1. The first kappa shape index (κ1) is 17.4. The number of imidazole rings is 1. The van der Waals surface area contributed by atoms with Gasteiger partial charge in [-0.1, -0.05) is 6.42 Å². The van der Waals surface area contributed by atoms with Gasteiger partial charge in [0.15, 0.2) is 0 Å². The van der Waals surface area contributed by atoms with E-state index in [0.717, 1.165) is 57.4 Å². The fourth-order valence-electron chi connectivity index (χ4n) is 4.76. The summed E-state index contributed by atoms with van der Waals surface area (Å²) < 4.78 is 0. The van der Waals surface area contributed by atoms with Crippen molar-refractivity contribution in [1.82, 2.24) is 19.8 Å². The molecule has 1 amide bonds. The van der Waals surface area contributed by atoms with Gasteiger partial charge in [0.1, 0.15) is 0 Å². The van der Waals surface area contributed by atoms with Gasteiger partial charge < -0.3 is 14.8 Å². The highest BCUT2D eigenvalue weighted by atomic mass is 32.2. The van der Waals surface area contributed by atoms with E-state index in [1.807, 2.05) is 18.1 Å². The Morgan fingerprint density at radius 1 is 1.36 bits per heavy atom. The molecule has 0 bridgehead atoms. The van der Waals surface area contributed by atoms with Gasteiger partial charge in [0.2, 0.25) is 5.91 Å². The second-order valence-corrected chi connectivity index (χ2v) is 8.80. The van der Waals surface area contributed by atoms with Gasteiger partial charge in [-0.15, -0.1) is 0 Å². The summed E-state index contributed by atoms with van der Waals surface area (Å²) in [6.07, 6.45) is 11.6. The number of hydrogen-bond acceptors (Lipinski definition) is 4. The van der Waals surface area contributed by atoms with Crippen LogP contribution in [-0.4, -0.2) is 63.9 Å². The van der Waals surface area contributed by atoms with Crippen molar-refractivity contribution < 1.29 is 4.79 Å². The van der Waals surface area contributed by atoms with Crippen molar-refractivity contribution in [2.75, 3.05) is 38.2 Å². The number of fused-ring (bicyclic) bond motifs is 2. The van der Waals surface area contributed by atoms with E-state index >= 15 is 0 Å². The highest BCUT2D eigenvalue weighted by Gasteiger charge is 2.50. The molecule has 25 heavy (non-hydrogen) atoms. The van der Waals surface area contributed by atoms with Gasteiger partial charge in [0, 0.05) is 37.7 Å². The number of aromatic amines is 1. The molecule has 3 aliphatic rings. The van der Waals surface area contributed by atoms with E-state index in [9.17, 15) is 4.79 Å². The van der Waals surface area contributed by atoms with Crippen LogP contribution < -0.4 is 0 Å². The van der Waals surface area contributed by atoms with Crippen LogP contribution in [0.15, 0.2) is 6.33 Å². The normalized spacial score (nSPS) is 23.5. The number of thioether (sulfide) groups is 1. The van der Waals surface area contributed by atoms with Gasteiger partial charge in [-0.05, 0) is 50.7 Å². The van der Waals surface area contributed by atoms with Crippen LogP contribution in [0.3, 0.4) is 0 Å². The van der Waals surface area contributed by atoms with Gasteiger partial charge in [-0.3, -0.25) is 4.79 Å². The molecular formula is C19H30N4OS. The fourth-order valence-corrected chi connectivity index (χ4v) is 5.18. The quantitative estimate of drug-likeness (QED) is 0.818. The van der Waals surface area contributed by atoms with E-state index in [4.69, 9.17) is 4.98 Å². The lowest BCUT2D eigenvalue weighted by atomic mass is 9.76. The van der Waals surface area contributed by atoms with Crippen molar-refractivity contribution >= 4 is 17.7 Å². The third kappa shape index (κ3) is 3.12. The smallest absolute Gasteiger partial charge is 0.226 e. The summed E-state index contributed by atoms with van der Waals surface area (Å²) in [7, 11) is 0. The van der Waals surface area contributed by atoms with Crippen molar-refractivity contribution in [1.29, 1.82) is 0 Å². The number of carbonyl (C=O) groups excluding carboxylic acids is 1. The Hall–Kier alpha value is -1.01. The number of nitrogens with zero attached hydrogens (tertiary/aromatic N) is 3. The maximum absolute atomic E-state index is 13.1. The Morgan fingerprint density at radius 3 is 2.84 bits per heavy atom. The first-order chi connectivity index (χ1) is 12.2. The molecule has 1 aromatic heterocycles. The highest BCUT2D eigenvalue weighted by Crippen LogP contribution is 2.44. The van der Waals surface area contributed by atoms with E-state index in [2.05, 4.69) is 21.0 Å². The number of hydrogen-bond donors (Lipinski definition) is 1. The van der Waals surface area contributed by atoms with E-state index in [1.54, 1.807) is 0 Å². The summed E-state index contributed by atoms with van der Waals surface area (Å²) in [6, 6.07) is 0. The molecule has 1 N–H and O–H groups in total. The number of H-pyrrole nitrogens is 1. The summed E-state index contributed by atoms with van der Waals surface area (Å²) in [5, 5.41) is 0. The second kappa shape index (κ2) is 7.31. The SMILES string of the molecule is CSCCCN1CCC2(CC1)c1nc[nH]c1CCN2C(=O)C1CCC1. The van der Waals surface area contributed by atoms with Gasteiger partial charge in [0.05, 0.1) is 17.6 Å². The molecule has 138 valence electrons. The molecule has 1 saturated heterocycles. The van der Waals surface area contributed by atoms with Crippen LogP contribution >= 0.6 is 11.8 Å². The standard InChI is InChI=1S/C19H30N4OS/c1-25-13-3-9-22-11-7-19(8-12-22)17-16(20-14-21-17)6-10-23(19)18(24)15-4-2-5-15/h14-15H,2-13H2,1H3,(H,20,21). The van der Waals surface area contributed by atoms with Crippen LogP contribution in [0.5, 0.6) is 0 Å². The molecule has 0 radical (unpaired) electrons. The molecule has 1 saturated carbocycles. The minimum absolute atomic E-state index is 0.156. The van der Waals surface area contributed by atoms with Crippen molar-refractivity contribution in [2.24, 2.45) is 5.92 Å². The van der Waals surface area contributed by atoms with Crippen LogP contribution in [0.1, 0.15) is 49.9 Å². The molecule has 1 spiro atoms. The Bertz CT molecular complexity index is 604. The largest absolute Gasteiger partial charge is 0.348 e. The van der Waals surface area contributed by atoms with Crippen molar-refractivity contribution in [3.05, 3.63) is 17.7 Å². The number of amides is 1. The Kier molecular flexibility index (Phi) is 5.09. The predicted octanol–water partition coefficient (Wildman–Crippen LogP) is 2.64. The van der Waals surface area contributed by atoms with Crippen LogP contribution in [-0.2, 0) is 16.8 Å². The molecule has 2 aliphatic heterocycles. The third-order valence-corrected chi connectivity index (χ3v) is 7.18. The number of nitrogens with one attached hydrogen (secondary N) is 1. The molecule has 1 aliphatic carbocycles. The number of aromatic nitrogens is 2. The van der Waals surface area contributed by atoms with E-state index < -0.39 is 0 Å². The Morgan fingerprint density at radius 2 is 2.16 bits per heavy atom. The lowest BCUT2D eigenvalue weighted by Crippen LogP contribution is -2.60. The summed E-state index contributed by atoms with van der Waals surface area (Å²) in [5.74, 6) is 1.91. The van der Waals surface area contributed by atoms with Gasteiger partial charge >= 0.3 is 0 Å². The molecule has 0 aromatic carbocycles. The zero-order valence-corrected chi connectivity index (χ0v) is 16.1. The lowest BCUT2D eigenvalue weighted by Gasteiger charge is -2.52. The van der Waals surface area contributed by atoms with Crippen LogP contribution in [0, 0.1) is 5.92 Å². The minimum atomic E-state index is -0.156. The Labute approximate surface area is 154 Å². The molecule has 0 unspecified atom stereocenters. The van der Waals surface area contributed by atoms with E-state index in [0.29, 0.717) is 5.91 Å². The van der Waals surface area contributed by atoms with Gasteiger partial charge in [-0.2, -0.15) is 11.8 Å². The number of rotatable bonds is 5. The zero-order chi connectivity index (χ0) is 17.3. The topological polar surface area (TPSA) is 52.2 Å². The van der Waals surface area contributed by atoms with Gasteiger partial charge in [0.25, 0.3) is 0 Å². The van der Waals surface area contributed by atoms with Crippen LogP contribution in [0.25, 0.3) is 0 Å². The summed E-state index contributed by atoms with van der Waals surface area (Å²) >= 11 is 1.93. The van der Waals surface area contributed by atoms with Crippen molar-refractivity contribution in [2.45, 2.75) is 50.5 Å². The summed E-state index contributed by atoms with van der Waals surface area (Å²) in [4.78, 5) is 26.0. The summed E-state index contributed by atoms with van der Waals surface area (Å²) in [6.45, 7) is 4.20. The molecule has 2 fully saturated rings. The first-order valence-electron chi connectivity index (χ1n) is 9.80. The lowest BCUT2D eigenvalue weighted by molar-refractivity contribution is -0.149. The monoisotopic (exact) mass is 362 g/mol. The van der Waals surface area contributed by atoms with Crippen molar-refractivity contribution in [3.63, 3.8) is 0 Å². The maximum atomic E-state index is 13.1. The fraction of sp³-hybridized carbons (Fsp3) is 0.789. The average molecular weight is 363 g/mol. The molecule has 0 atom stereocenters. The molecule has 1 aromatic rings. The van der Waals surface area contributed by atoms with E-state index in [-0.39, 0.29) is 11.5 Å². The van der Waals surface area contributed by atoms with Crippen molar-refractivity contribution in [3.8, 4) is 0 Å². The van der Waals surface area contributed by atoms with Crippen LogP contribution in [0.2, 0.25) is 0 Å². The molecular weight excluding hydrogens is 332 g/mol. The van der Waals surface area contributed by atoms with Gasteiger partial charge in [-0.25, -0.2) is 4.98 Å². The van der Waals surface area contributed by atoms with E-state index in [1.165, 1.54) is 30.8 Å². The molecule has 3 heterocycles. The second-order valence-electron chi connectivity index (χ2n) is 7.82. The minimum Gasteiger partial charge on any atom is -0.348 e. The van der Waals surface area contributed by atoms with Crippen LogP contribution in [0.4, 0.5) is 0 Å². The first-order valence-corrected chi connectivity index (χ1v) is 11.2. The highest BCUT2D eigenvalue weighted by molar-refractivity contribution is 7.98. The molecule has 4 rings (SSSR count). The predicted molar refractivity (Wildman–Crippen MR) is 102 cm³/mol. The maximum Gasteiger partial charge on any atom is 0.226 e. The zero-order valence-electron chi connectivity index (χ0n) is 15.3. The third-order valence-electron chi connectivity index (χ3n) is 6.49. The Balaban J connectivity index is 1.52. The molecule has 5 nitrogen and oxygen atoms in total. The summed E-state index contributed by atoms with van der Waals surface area (Å²) in [5.41, 5.74) is 2.26. The number of carbonyl (C=O) groups is 1. The average Bonchev–Trinajstić information content (AvgIpc) is 3.05. The molecule has 6 heteroatoms.